The Labute approximate surface area is 195 Å². The largest absolute Gasteiger partial charge is 0.431 e. The van der Waals surface area contributed by atoms with Gasteiger partial charge in [0, 0.05) is 39.6 Å². The van der Waals surface area contributed by atoms with Crippen LogP contribution in [0.4, 0.5) is 14.5 Å². The van der Waals surface area contributed by atoms with E-state index in [1.54, 1.807) is 7.05 Å². The first kappa shape index (κ1) is 25.8. The Hall–Kier alpha value is -2.84. The quantitative estimate of drug-likeness (QED) is 0.496. The molecule has 0 radical (unpaired) electrons. The summed E-state index contributed by atoms with van der Waals surface area (Å²) < 4.78 is 59.6. The van der Waals surface area contributed by atoms with Crippen LogP contribution >= 0.6 is 0 Å². The zero-order chi connectivity index (χ0) is 25.0. The molecule has 1 aromatic rings. The molecule has 1 atom stereocenters. The molecule has 2 heterocycles. The molecule has 0 spiro atoms. The predicted molar refractivity (Wildman–Crippen MR) is 117 cm³/mol. The van der Waals surface area contributed by atoms with Gasteiger partial charge in [-0.3, -0.25) is 14.4 Å². The van der Waals surface area contributed by atoms with Crippen LogP contribution < -0.4 is 20.1 Å². The van der Waals surface area contributed by atoms with Crippen molar-refractivity contribution in [1.82, 2.24) is 14.5 Å². The average molecular weight is 504 g/mol. The highest BCUT2D eigenvalue weighted by Crippen LogP contribution is 2.37. The summed E-state index contributed by atoms with van der Waals surface area (Å²) in [7, 11) is -3.02. The Morgan fingerprint density at radius 2 is 1.91 bits per heavy atom. The standard InChI is InChI=1S/C20H27F2N5O6S/c1-25-9-10-26(12-17(25)29)19(30)13(11-23)24-34(31,32)15-6-4-5-14(18(15)33-20(21)22)27-8-3-2-7-16(27)28/h4-6,13,20,24H,2-3,7-12,23H2,1H3/t13-/m0/s1. The SMILES string of the molecule is CN1CCN(C(=O)[C@H](CN)NS(=O)(=O)c2cccc(N3CCCCC3=O)c2OC(F)F)CC1=O. The lowest BCUT2D eigenvalue weighted by molar-refractivity contribution is -0.144. The molecule has 1 aromatic carbocycles. The lowest BCUT2D eigenvalue weighted by Crippen LogP contribution is -2.57. The number of hydrogen-bond donors (Lipinski definition) is 2. The molecule has 2 saturated heterocycles. The smallest absolute Gasteiger partial charge is 0.387 e. The van der Waals surface area contributed by atoms with Gasteiger partial charge in [0.15, 0.2) is 5.75 Å². The van der Waals surface area contributed by atoms with E-state index in [-0.39, 0.29) is 50.1 Å². The maximum atomic E-state index is 13.2. The van der Waals surface area contributed by atoms with Crippen LogP contribution in [0, 0.1) is 0 Å². The number of ether oxygens (including phenoxy) is 1. The molecule has 3 amide bonds. The molecule has 2 aliphatic heterocycles. The van der Waals surface area contributed by atoms with Gasteiger partial charge >= 0.3 is 6.61 Å². The minimum Gasteiger partial charge on any atom is -0.431 e. The number of nitrogens with zero attached hydrogens (tertiary/aromatic N) is 3. The van der Waals surface area contributed by atoms with Crippen molar-refractivity contribution < 1.29 is 36.3 Å². The van der Waals surface area contributed by atoms with E-state index in [0.29, 0.717) is 12.8 Å². The number of piperidine rings is 1. The summed E-state index contributed by atoms with van der Waals surface area (Å²) in [5.41, 5.74) is 5.53. The number of piperazine rings is 1. The van der Waals surface area contributed by atoms with Crippen LogP contribution in [0.3, 0.4) is 0 Å². The highest BCUT2D eigenvalue weighted by molar-refractivity contribution is 7.89. The minimum atomic E-state index is -4.60. The second-order valence-corrected chi connectivity index (χ2v) is 9.65. The van der Waals surface area contributed by atoms with Gasteiger partial charge in [-0.25, -0.2) is 8.42 Å². The van der Waals surface area contributed by atoms with Gasteiger partial charge in [-0.2, -0.15) is 13.5 Å². The van der Waals surface area contributed by atoms with E-state index >= 15 is 0 Å². The molecule has 3 rings (SSSR count). The zero-order valence-corrected chi connectivity index (χ0v) is 19.4. The van der Waals surface area contributed by atoms with Gasteiger partial charge in [0.2, 0.25) is 27.7 Å². The van der Waals surface area contributed by atoms with E-state index in [9.17, 15) is 31.6 Å². The maximum Gasteiger partial charge on any atom is 0.387 e. The van der Waals surface area contributed by atoms with E-state index in [1.165, 1.54) is 26.8 Å². The van der Waals surface area contributed by atoms with Crippen LogP contribution in [0.25, 0.3) is 0 Å². The number of para-hydroxylation sites is 1. The molecule has 0 saturated carbocycles. The van der Waals surface area contributed by atoms with Gasteiger partial charge in [-0.05, 0) is 25.0 Å². The summed E-state index contributed by atoms with van der Waals surface area (Å²) in [6.07, 6.45) is 1.44. The molecule has 188 valence electrons. The van der Waals surface area contributed by atoms with Gasteiger partial charge in [0.05, 0.1) is 12.2 Å². The third kappa shape index (κ3) is 5.62. The number of alkyl halides is 2. The lowest BCUT2D eigenvalue weighted by Gasteiger charge is -2.34. The maximum absolute atomic E-state index is 13.2. The zero-order valence-electron chi connectivity index (χ0n) is 18.6. The highest BCUT2D eigenvalue weighted by atomic mass is 32.2. The molecule has 0 unspecified atom stereocenters. The molecule has 2 fully saturated rings. The number of hydrogen-bond acceptors (Lipinski definition) is 7. The summed E-state index contributed by atoms with van der Waals surface area (Å²) in [4.78, 5) is 40.3. The van der Waals surface area contributed by atoms with E-state index in [0.717, 1.165) is 6.07 Å². The minimum absolute atomic E-state index is 0.104. The van der Waals surface area contributed by atoms with Crippen LogP contribution in [-0.2, 0) is 24.4 Å². The van der Waals surface area contributed by atoms with Gasteiger partial charge < -0.3 is 25.2 Å². The van der Waals surface area contributed by atoms with Crippen molar-refractivity contribution in [3.8, 4) is 5.75 Å². The second kappa shape index (κ2) is 10.6. The molecule has 14 heteroatoms. The van der Waals surface area contributed by atoms with E-state index in [2.05, 4.69) is 9.46 Å². The fraction of sp³-hybridized carbons (Fsp3) is 0.550. The summed E-state index contributed by atoms with van der Waals surface area (Å²) in [6, 6.07) is 2.21. The molecular formula is C20H27F2N5O6S. The molecule has 34 heavy (non-hydrogen) atoms. The Balaban J connectivity index is 1.92. The van der Waals surface area contributed by atoms with Crippen molar-refractivity contribution in [1.29, 1.82) is 0 Å². The molecule has 3 N–H and O–H groups in total. The van der Waals surface area contributed by atoms with Gasteiger partial charge in [-0.1, -0.05) is 6.07 Å². The summed E-state index contributed by atoms with van der Waals surface area (Å²) >= 11 is 0. The lowest BCUT2D eigenvalue weighted by atomic mass is 10.1. The fourth-order valence-corrected chi connectivity index (χ4v) is 5.17. The molecule has 0 bridgehead atoms. The number of nitrogens with two attached hydrogens (primary N) is 1. The molecule has 11 nitrogen and oxygen atoms in total. The summed E-state index contributed by atoms with van der Waals surface area (Å²) in [5, 5.41) is 0. The number of halogens is 2. The number of benzene rings is 1. The van der Waals surface area contributed by atoms with Crippen molar-refractivity contribution in [2.45, 2.75) is 36.8 Å². The number of carbonyl (C=O) groups excluding carboxylic acids is 3. The number of likely N-dealkylation sites (N-methyl/N-ethyl adjacent to an activating group) is 1. The summed E-state index contributed by atoms with van der Waals surface area (Å²) in [5.74, 6) is -2.07. The third-order valence-electron chi connectivity index (χ3n) is 5.67. The fourth-order valence-electron chi connectivity index (χ4n) is 3.81. The van der Waals surface area contributed by atoms with E-state index < -0.39 is 45.8 Å². The monoisotopic (exact) mass is 503 g/mol. The van der Waals surface area contributed by atoms with Crippen molar-refractivity contribution in [2.24, 2.45) is 5.73 Å². The Bertz CT molecular complexity index is 1050. The summed E-state index contributed by atoms with van der Waals surface area (Å²) in [6.45, 7) is -3.36. The predicted octanol–water partition coefficient (Wildman–Crippen LogP) is -0.289. The number of anilines is 1. The first-order valence-corrected chi connectivity index (χ1v) is 12.2. The van der Waals surface area contributed by atoms with Crippen LogP contribution in [0.2, 0.25) is 0 Å². The van der Waals surface area contributed by atoms with Crippen LogP contribution in [0.15, 0.2) is 23.1 Å². The molecule has 0 aliphatic carbocycles. The molecule has 2 aliphatic rings. The van der Waals surface area contributed by atoms with Gasteiger partial charge in [0.1, 0.15) is 10.9 Å². The van der Waals surface area contributed by atoms with E-state index in [4.69, 9.17) is 5.73 Å². The number of nitrogens with one attached hydrogen (secondary N) is 1. The Morgan fingerprint density at radius 3 is 2.53 bits per heavy atom. The van der Waals surface area contributed by atoms with Crippen LogP contribution in [0.5, 0.6) is 5.75 Å². The number of sulfonamides is 1. The van der Waals surface area contributed by atoms with E-state index in [1.807, 2.05) is 0 Å². The first-order chi connectivity index (χ1) is 16.0. The highest BCUT2D eigenvalue weighted by Gasteiger charge is 2.35. The third-order valence-corrected chi connectivity index (χ3v) is 7.16. The Morgan fingerprint density at radius 1 is 1.18 bits per heavy atom. The van der Waals surface area contributed by atoms with Crippen molar-refractivity contribution in [2.75, 3.05) is 44.7 Å². The van der Waals surface area contributed by atoms with Gasteiger partial charge in [0.25, 0.3) is 0 Å². The normalized spacial score (nSPS) is 18.4. The van der Waals surface area contributed by atoms with Crippen molar-refractivity contribution in [3.63, 3.8) is 0 Å². The van der Waals surface area contributed by atoms with Crippen LogP contribution in [-0.4, -0.2) is 88.4 Å². The number of rotatable bonds is 8. The second-order valence-electron chi connectivity index (χ2n) is 7.97. The number of amides is 3. The van der Waals surface area contributed by atoms with Crippen molar-refractivity contribution >= 4 is 33.4 Å². The van der Waals surface area contributed by atoms with Crippen LogP contribution in [0.1, 0.15) is 19.3 Å². The average Bonchev–Trinajstić information content (AvgIpc) is 2.79. The Kier molecular flexibility index (Phi) is 8.05. The molecule has 0 aromatic heterocycles. The van der Waals surface area contributed by atoms with Crippen molar-refractivity contribution in [3.05, 3.63) is 18.2 Å². The van der Waals surface area contributed by atoms with Gasteiger partial charge in [-0.15, -0.1) is 0 Å². The first-order valence-electron chi connectivity index (χ1n) is 10.7. The number of carbonyl (C=O) groups is 3. The molecular weight excluding hydrogens is 476 g/mol. The topological polar surface area (TPSA) is 142 Å².